The molecule has 1 amide bonds. The van der Waals surface area contributed by atoms with Gasteiger partial charge in [-0.05, 0) is 81.4 Å². The molecule has 0 spiro atoms. The zero-order valence-electron chi connectivity index (χ0n) is 30.6. The van der Waals surface area contributed by atoms with Crippen molar-refractivity contribution in [1.82, 2.24) is 0 Å². The number of nitrogens with one attached hydrogen (secondary N) is 2. The fourth-order valence-electron chi connectivity index (χ4n) is 6.58. The lowest BCUT2D eigenvalue weighted by Gasteiger charge is -2.26. The van der Waals surface area contributed by atoms with Crippen molar-refractivity contribution in [2.24, 2.45) is 16.5 Å². The summed E-state index contributed by atoms with van der Waals surface area (Å²) < 4.78 is 0. The van der Waals surface area contributed by atoms with Crippen LogP contribution in [0.15, 0.2) is 187 Å². The van der Waals surface area contributed by atoms with E-state index >= 15 is 0 Å². The van der Waals surface area contributed by atoms with Gasteiger partial charge in [0.1, 0.15) is 0 Å². The van der Waals surface area contributed by atoms with Crippen molar-refractivity contribution < 1.29 is 4.79 Å². The number of hydrogen-bond acceptors (Lipinski definition) is 4. The van der Waals surface area contributed by atoms with E-state index in [4.69, 9.17) is 11.5 Å². The van der Waals surface area contributed by atoms with Crippen LogP contribution in [0.25, 0.3) is 33.4 Å². The number of aliphatic imine (C=N–C) groups is 1. The summed E-state index contributed by atoms with van der Waals surface area (Å²) in [6, 6.07) is 62.2. The van der Waals surface area contributed by atoms with Gasteiger partial charge >= 0.3 is 0 Å². The van der Waals surface area contributed by atoms with Crippen LogP contribution < -0.4 is 27.0 Å². The largest absolute Gasteiger partial charge is 0.383 e. The lowest BCUT2D eigenvalue weighted by molar-refractivity contribution is 0.102. The number of nitrogens with zero attached hydrogens (tertiary/aromatic N) is 2. The summed E-state index contributed by atoms with van der Waals surface area (Å²) in [5.41, 5.74) is 23.3. The average molecular weight is 721 g/mol. The first kappa shape index (κ1) is 36.2. The number of anilines is 3. The molecule has 7 aromatic carbocycles. The Labute approximate surface area is 323 Å². The number of carbonyl (C=O) groups excluding carboxylic acids is 1. The molecule has 272 valence electrons. The lowest BCUT2D eigenvalue weighted by Crippen LogP contribution is -2.24. The second-order valence-corrected chi connectivity index (χ2v) is 13.3. The van der Waals surface area contributed by atoms with E-state index in [1.807, 2.05) is 72.8 Å². The minimum Gasteiger partial charge on any atom is -0.383 e. The van der Waals surface area contributed by atoms with Gasteiger partial charge in [-0.3, -0.25) is 9.79 Å². The van der Waals surface area contributed by atoms with Crippen LogP contribution >= 0.6 is 0 Å². The van der Waals surface area contributed by atoms with Crippen LogP contribution in [0, 0.1) is 0 Å². The van der Waals surface area contributed by atoms with Crippen LogP contribution in [0.4, 0.5) is 17.1 Å². The predicted molar refractivity (Wildman–Crippen MR) is 229 cm³/mol. The Kier molecular flexibility index (Phi) is 11.6. The first-order valence-electron chi connectivity index (χ1n) is 18.4. The monoisotopic (exact) mass is 720 g/mol. The quantitative estimate of drug-likeness (QED) is 0.0508. The molecule has 0 radical (unpaired) electrons. The fraction of sp³-hybridized carbons (Fsp3) is 0.0833. The molecule has 0 heterocycles. The number of guanidine groups is 1. The number of nitrogens with two attached hydrogens (primary N) is 2. The zero-order valence-corrected chi connectivity index (χ0v) is 30.6. The maximum Gasteiger partial charge on any atom is 0.255 e. The maximum absolute atomic E-state index is 13.6. The second kappa shape index (κ2) is 17.6. The van der Waals surface area contributed by atoms with Crippen molar-refractivity contribution in [3.8, 4) is 33.4 Å². The van der Waals surface area contributed by atoms with Crippen LogP contribution in [-0.2, 0) is 13.1 Å². The van der Waals surface area contributed by atoms with E-state index < -0.39 is 0 Å². The van der Waals surface area contributed by atoms with Crippen LogP contribution in [-0.4, -0.2) is 25.0 Å². The number of carbonyl (C=O) groups is 1. The highest BCUT2D eigenvalue weighted by Gasteiger charge is 2.14. The molecule has 55 heavy (non-hydrogen) atoms. The highest BCUT2D eigenvalue weighted by atomic mass is 16.1. The van der Waals surface area contributed by atoms with E-state index in [1.165, 1.54) is 33.4 Å². The number of amides is 1. The number of hydrogen-bond donors (Lipinski definition) is 4. The SMILES string of the molecule is NC(N)=NCCNc1ccc(C(=O)Nc2ccc(N(Cc3ccc(-c4ccccc4)cc3)Cc3ccc(-c4ccccc4)cc3)cc2)cc1-c1ccccc1. The molecule has 0 saturated carbocycles. The molecule has 7 rings (SSSR count). The number of rotatable bonds is 14. The Morgan fingerprint density at radius 3 is 1.55 bits per heavy atom. The normalized spacial score (nSPS) is 10.7. The van der Waals surface area contributed by atoms with Gasteiger partial charge in [0, 0.05) is 47.8 Å². The minimum absolute atomic E-state index is 0.0560. The van der Waals surface area contributed by atoms with E-state index in [2.05, 4.69) is 130 Å². The summed E-state index contributed by atoms with van der Waals surface area (Å²) in [4.78, 5) is 20.0. The van der Waals surface area contributed by atoms with Gasteiger partial charge in [-0.25, -0.2) is 0 Å². The van der Waals surface area contributed by atoms with Crippen LogP contribution in [0.1, 0.15) is 21.5 Å². The van der Waals surface area contributed by atoms with E-state index in [0.717, 1.165) is 35.6 Å². The van der Waals surface area contributed by atoms with Crippen LogP contribution in [0.2, 0.25) is 0 Å². The Morgan fingerprint density at radius 2 is 1.04 bits per heavy atom. The highest BCUT2D eigenvalue weighted by molar-refractivity contribution is 6.05. The van der Waals surface area contributed by atoms with Gasteiger partial charge in [0.2, 0.25) is 0 Å². The van der Waals surface area contributed by atoms with Crippen molar-refractivity contribution >= 4 is 28.9 Å². The summed E-state index contributed by atoms with van der Waals surface area (Å²) >= 11 is 0. The van der Waals surface area contributed by atoms with Crippen molar-refractivity contribution in [1.29, 1.82) is 0 Å². The molecular formula is C48H44N6O. The minimum atomic E-state index is -0.189. The van der Waals surface area contributed by atoms with Crippen molar-refractivity contribution in [3.63, 3.8) is 0 Å². The van der Waals surface area contributed by atoms with E-state index in [-0.39, 0.29) is 11.9 Å². The van der Waals surface area contributed by atoms with Gasteiger partial charge in [-0.15, -0.1) is 0 Å². The Bertz CT molecular complexity index is 2240. The lowest BCUT2D eigenvalue weighted by atomic mass is 10.0. The van der Waals surface area contributed by atoms with Gasteiger partial charge in [-0.2, -0.15) is 0 Å². The molecular weight excluding hydrogens is 677 g/mol. The Balaban J connectivity index is 1.09. The third kappa shape index (κ3) is 9.66. The zero-order chi connectivity index (χ0) is 37.8. The molecule has 0 bridgehead atoms. The van der Waals surface area contributed by atoms with Gasteiger partial charge in [0.25, 0.3) is 5.91 Å². The van der Waals surface area contributed by atoms with Crippen molar-refractivity contribution in [3.05, 3.63) is 199 Å². The van der Waals surface area contributed by atoms with E-state index in [9.17, 15) is 4.79 Å². The molecule has 6 N–H and O–H groups in total. The van der Waals surface area contributed by atoms with Crippen molar-refractivity contribution in [2.45, 2.75) is 13.1 Å². The summed E-state index contributed by atoms with van der Waals surface area (Å²) in [6.07, 6.45) is 0. The predicted octanol–water partition coefficient (Wildman–Crippen LogP) is 9.83. The molecule has 0 aromatic heterocycles. The molecule has 0 aliphatic rings. The topological polar surface area (TPSA) is 109 Å². The molecule has 7 nitrogen and oxygen atoms in total. The molecule has 7 aromatic rings. The molecule has 7 heteroatoms. The molecule has 0 unspecified atom stereocenters. The summed E-state index contributed by atoms with van der Waals surface area (Å²) in [7, 11) is 0. The van der Waals surface area contributed by atoms with Crippen molar-refractivity contribution in [2.75, 3.05) is 28.6 Å². The Hall–Kier alpha value is -7.12. The molecule has 0 aliphatic carbocycles. The average Bonchev–Trinajstić information content (AvgIpc) is 3.24. The summed E-state index contributed by atoms with van der Waals surface area (Å²) in [5, 5.41) is 6.51. The van der Waals surface area contributed by atoms with Gasteiger partial charge < -0.3 is 27.0 Å². The third-order valence-corrected chi connectivity index (χ3v) is 9.45. The first-order chi connectivity index (χ1) is 27.0. The summed E-state index contributed by atoms with van der Waals surface area (Å²) in [6.45, 7) is 2.42. The maximum atomic E-state index is 13.6. The van der Waals surface area contributed by atoms with Gasteiger partial charge in [0.15, 0.2) is 5.96 Å². The first-order valence-corrected chi connectivity index (χ1v) is 18.4. The van der Waals surface area contributed by atoms with Crippen LogP contribution in [0.5, 0.6) is 0 Å². The molecule has 0 fully saturated rings. The third-order valence-electron chi connectivity index (χ3n) is 9.45. The van der Waals surface area contributed by atoms with E-state index in [0.29, 0.717) is 24.3 Å². The smallest absolute Gasteiger partial charge is 0.255 e. The summed E-state index contributed by atoms with van der Waals surface area (Å²) in [5.74, 6) is -0.133. The molecule has 0 saturated heterocycles. The molecule has 0 aliphatic heterocycles. The standard InChI is InChI=1S/C48H44N6O/c49-48(50)52-31-30-51-46-29-24-42(32-45(46)41-14-8-3-9-15-41)47(55)53-43-25-27-44(28-26-43)54(33-35-16-20-39(21-17-35)37-10-4-1-5-11-37)34-36-18-22-40(23-19-36)38-12-6-2-7-13-38/h1-29,32,51H,30-31,33-34H2,(H,53,55)(H4,49,50,52). The second-order valence-electron chi connectivity index (χ2n) is 13.3. The van der Waals surface area contributed by atoms with Crippen LogP contribution in [0.3, 0.4) is 0 Å². The molecule has 0 atom stereocenters. The van der Waals surface area contributed by atoms with Gasteiger partial charge in [0.05, 0.1) is 6.54 Å². The van der Waals surface area contributed by atoms with E-state index in [1.54, 1.807) is 0 Å². The van der Waals surface area contributed by atoms with Gasteiger partial charge in [-0.1, -0.05) is 140 Å². The Morgan fingerprint density at radius 1 is 0.545 bits per heavy atom. The number of benzene rings is 7. The fourth-order valence-corrected chi connectivity index (χ4v) is 6.58. The highest BCUT2D eigenvalue weighted by Crippen LogP contribution is 2.30.